The molecule has 150 valence electrons. The minimum Gasteiger partial charge on any atom is -0.423 e. The molecular formula is C23H23BrN2O3. The van der Waals surface area contributed by atoms with Crippen LogP contribution in [-0.4, -0.2) is 41.9 Å². The highest BCUT2D eigenvalue weighted by Gasteiger charge is 2.21. The number of hydrogen-bond acceptors (Lipinski definition) is 4. The van der Waals surface area contributed by atoms with Crippen LogP contribution in [0.1, 0.15) is 27.9 Å². The summed E-state index contributed by atoms with van der Waals surface area (Å²) in [4.78, 5) is 29.1. The number of carbonyl (C=O) groups is 1. The smallest absolute Gasteiger partial charge is 0.336 e. The fourth-order valence-corrected chi connectivity index (χ4v) is 4.21. The third-order valence-corrected chi connectivity index (χ3v) is 5.82. The molecule has 0 unspecified atom stereocenters. The lowest BCUT2D eigenvalue weighted by molar-refractivity contribution is 0.0761. The van der Waals surface area contributed by atoms with E-state index < -0.39 is 0 Å². The first-order valence-electron chi connectivity index (χ1n) is 9.80. The van der Waals surface area contributed by atoms with Gasteiger partial charge in [0.2, 0.25) is 0 Å². The van der Waals surface area contributed by atoms with Gasteiger partial charge in [-0.15, -0.1) is 0 Å². The fourth-order valence-electron chi connectivity index (χ4n) is 3.87. The van der Waals surface area contributed by atoms with E-state index >= 15 is 0 Å². The van der Waals surface area contributed by atoms with Crippen molar-refractivity contribution in [3.05, 3.63) is 80.1 Å². The summed E-state index contributed by atoms with van der Waals surface area (Å²) in [5.74, 6) is 0.0891. The topological polar surface area (TPSA) is 53.8 Å². The van der Waals surface area contributed by atoms with Crippen LogP contribution >= 0.6 is 15.9 Å². The number of halogens is 1. The van der Waals surface area contributed by atoms with Crippen molar-refractivity contribution in [1.29, 1.82) is 0 Å². The number of rotatable bonds is 3. The van der Waals surface area contributed by atoms with E-state index in [4.69, 9.17) is 4.42 Å². The van der Waals surface area contributed by atoms with E-state index in [-0.39, 0.29) is 11.5 Å². The Bertz CT molecular complexity index is 1110. The van der Waals surface area contributed by atoms with Crippen molar-refractivity contribution in [1.82, 2.24) is 9.80 Å². The van der Waals surface area contributed by atoms with Crippen molar-refractivity contribution in [2.24, 2.45) is 0 Å². The second-order valence-electron chi connectivity index (χ2n) is 7.52. The van der Waals surface area contributed by atoms with Crippen LogP contribution in [0.25, 0.3) is 11.0 Å². The lowest BCUT2D eigenvalue weighted by Crippen LogP contribution is -2.35. The van der Waals surface area contributed by atoms with Gasteiger partial charge in [-0.05, 0) is 49.2 Å². The molecule has 0 aliphatic carbocycles. The summed E-state index contributed by atoms with van der Waals surface area (Å²) in [7, 11) is 0. The SMILES string of the molecule is Cc1cccc(C(=O)N2CCCN(Cc3cc(=O)oc4cc(Br)ccc34)CC2)c1. The predicted molar refractivity (Wildman–Crippen MR) is 117 cm³/mol. The van der Waals surface area contributed by atoms with E-state index in [9.17, 15) is 9.59 Å². The van der Waals surface area contributed by atoms with Crippen LogP contribution in [0.4, 0.5) is 0 Å². The predicted octanol–water partition coefficient (Wildman–Crippen LogP) is 4.21. The lowest BCUT2D eigenvalue weighted by atomic mass is 10.1. The van der Waals surface area contributed by atoms with Gasteiger partial charge in [-0.3, -0.25) is 9.69 Å². The van der Waals surface area contributed by atoms with E-state index in [2.05, 4.69) is 20.8 Å². The van der Waals surface area contributed by atoms with E-state index in [1.165, 1.54) is 0 Å². The summed E-state index contributed by atoms with van der Waals surface area (Å²) in [6, 6.07) is 15.1. The van der Waals surface area contributed by atoms with Gasteiger partial charge in [0, 0.05) is 54.2 Å². The quantitative estimate of drug-likeness (QED) is 0.556. The van der Waals surface area contributed by atoms with Gasteiger partial charge in [0.15, 0.2) is 0 Å². The summed E-state index contributed by atoms with van der Waals surface area (Å²) >= 11 is 3.42. The number of hydrogen-bond donors (Lipinski definition) is 0. The minimum absolute atomic E-state index is 0.0891. The van der Waals surface area contributed by atoms with Gasteiger partial charge in [-0.1, -0.05) is 33.6 Å². The molecule has 6 heteroatoms. The largest absolute Gasteiger partial charge is 0.423 e. The second-order valence-corrected chi connectivity index (χ2v) is 8.44. The number of amides is 1. The van der Waals surface area contributed by atoms with Crippen LogP contribution in [0.15, 0.2) is 62.2 Å². The summed E-state index contributed by atoms with van der Waals surface area (Å²) in [5.41, 5.74) is 3.05. The van der Waals surface area contributed by atoms with Crippen LogP contribution in [0, 0.1) is 6.92 Å². The Morgan fingerprint density at radius 1 is 1.07 bits per heavy atom. The average molecular weight is 455 g/mol. The van der Waals surface area contributed by atoms with Gasteiger partial charge in [0.1, 0.15) is 5.58 Å². The van der Waals surface area contributed by atoms with Crippen LogP contribution in [0.3, 0.4) is 0 Å². The molecule has 3 aromatic rings. The summed E-state index contributed by atoms with van der Waals surface area (Å²) < 4.78 is 6.23. The van der Waals surface area contributed by atoms with Gasteiger partial charge < -0.3 is 9.32 Å². The van der Waals surface area contributed by atoms with Gasteiger partial charge in [-0.25, -0.2) is 4.79 Å². The number of aryl methyl sites for hydroxylation is 1. The molecule has 0 spiro atoms. The molecule has 0 bridgehead atoms. The van der Waals surface area contributed by atoms with Gasteiger partial charge >= 0.3 is 5.63 Å². The molecule has 0 radical (unpaired) electrons. The van der Waals surface area contributed by atoms with Crippen LogP contribution in [-0.2, 0) is 6.54 Å². The zero-order valence-corrected chi connectivity index (χ0v) is 17.9. The van der Waals surface area contributed by atoms with Crippen molar-refractivity contribution in [2.75, 3.05) is 26.2 Å². The highest BCUT2D eigenvalue weighted by molar-refractivity contribution is 9.10. The molecule has 1 amide bonds. The Labute approximate surface area is 178 Å². The zero-order chi connectivity index (χ0) is 20.4. The Hall–Kier alpha value is -2.44. The van der Waals surface area contributed by atoms with Crippen molar-refractivity contribution in [3.8, 4) is 0 Å². The Morgan fingerprint density at radius 3 is 2.76 bits per heavy atom. The first-order valence-corrected chi connectivity index (χ1v) is 10.6. The first-order chi connectivity index (χ1) is 14.0. The molecule has 4 rings (SSSR count). The lowest BCUT2D eigenvalue weighted by Gasteiger charge is -2.22. The standard InChI is InChI=1S/C23H23BrN2O3/c1-16-4-2-5-17(12-16)23(28)26-9-3-8-25(10-11-26)15-18-13-22(27)29-21-14-19(24)6-7-20(18)21/h2,4-7,12-14H,3,8-11,15H2,1H3. The maximum atomic E-state index is 12.9. The molecular weight excluding hydrogens is 432 g/mol. The average Bonchev–Trinajstić information content (AvgIpc) is 2.92. The molecule has 1 fully saturated rings. The summed E-state index contributed by atoms with van der Waals surface area (Å²) in [5, 5.41) is 0.949. The summed E-state index contributed by atoms with van der Waals surface area (Å²) in [6.45, 7) is 5.74. The number of benzene rings is 2. The van der Waals surface area contributed by atoms with Crippen molar-refractivity contribution in [2.45, 2.75) is 19.9 Å². The normalized spacial score (nSPS) is 15.4. The Kier molecular flexibility index (Phi) is 5.83. The minimum atomic E-state index is -0.336. The van der Waals surface area contributed by atoms with E-state index in [0.29, 0.717) is 18.7 Å². The molecule has 1 aliphatic heterocycles. The third-order valence-electron chi connectivity index (χ3n) is 5.33. The molecule has 1 aromatic heterocycles. The van der Waals surface area contributed by atoms with Crippen molar-refractivity contribution < 1.29 is 9.21 Å². The number of fused-ring (bicyclic) bond motifs is 1. The van der Waals surface area contributed by atoms with Crippen LogP contribution in [0.2, 0.25) is 0 Å². The number of nitrogens with zero attached hydrogens (tertiary/aromatic N) is 2. The van der Waals surface area contributed by atoms with Crippen molar-refractivity contribution >= 4 is 32.8 Å². The fraction of sp³-hybridized carbons (Fsp3) is 0.304. The highest BCUT2D eigenvalue weighted by Crippen LogP contribution is 2.23. The Balaban J connectivity index is 1.49. The summed E-state index contributed by atoms with van der Waals surface area (Å²) in [6.07, 6.45) is 0.905. The van der Waals surface area contributed by atoms with Crippen molar-refractivity contribution in [3.63, 3.8) is 0 Å². The molecule has 29 heavy (non-hydrogen) atoms. The maximum absolute atomic E-state index is 12.9. The monoisotopic (exact) mass is 454 g/mol. The van der Waals surface area contributed by atoms with Gasteiger partial charge in [-0.2, -0.15) is 0 Å². The first kappa shape index (κ1) is 19.9. The molecule has 0 saturated carbocycles. The van der Waals surface area contributed by atoms with Gasteiger partial charge in [0.25, 0.3) is 5.91 Å². The Morgan fingerprint density at radius 2 is 1.93 bits per heavy atom. The van der Waals surface area contributed by atoms with Crippen LogP contribution < -0.4 is 5.63 Å². The molecule has 5 nitrogen and oxygen atoms in total. The van der Waals surface area contributed by atoms with E-state index in [0.717, 1.165) is 52.6 Å². The maximum Gasteiger partial charge on any atom is 0.336 e. The molecule has 2 heterocycles. The molecule has 1 saturated heterocycles. The third kappa shape index (κ3) is 4.60. The van der Waals surface area contributed by atoms with E-state index in [1.807, 2.05) is 54.3 Å². The van der Waals surface area contributed by atoms with Gasteiger partial charge in [0.05, 0.1) is 0 Å². The molecule has 1 aliphatic rings. The number of carbonyl (C=O) groups excluding carboxylic acids is 1. The molecule has 0 atom stereocenters. The zero-order valence-electron chi connectivity index (χ0n) is 16.4. The van der Waals surface area contributed by atoms with E-state index in [1.54, 1.807) is 6.07 Å². The molecule has 2 aromatic carbocycles. The highest BCUT2D eigenvalue weighted by atomic mass is 79.9. The van der Waals surface area contributed by atoms with Crippen LogP contribution in [0.5, 0.6) is 0 Å². The molecule has 0 N–H and O–H groups in total. The second kappa shape index (κ2) is 8.51.